The Kier molecular flexibility index (Phi) is 5.84. The van der Waals surface area contributed by atoms with Gasteiger partial charge in [-0.1, -0.05) is 29.8 Å². The number of non-ortho nitro benzene ring substituents is 1. The quantitative estimate of drug-likeness (QED) is 0.426. The van der Waals surface area contributed by atoms with Gasteiger partial charge in [-0.2, -0.15) is 0 Å². The van der Waals surface area contributed by atoms with Crippen molar-refractivity contribution < 1.29 is 18.1 Å². The lowest BCUT2D eigenvalue weighted by Crippen LogP contribution is -2.30. The van der Waals surface area contributed by atoms with E-state index in [2.05, 4.69) is 0 Å². The first-order valence-electron chi connectivity index (χ1n) is 8.78. The first-order chi connectivity index (χ1) is 13.8. The standard InChI is InChI=1S/C21H20N2O5S/c1-16-3-13-21(14-4-16)29(26,27)22(18-9-11-20(28-2)12-10-18)15-17-5-7-19(8-6-17)23(24)25/h3-14H,15H2,1-2H3. The third-order valence-electron chi connectivity index (χ3n) is 4.44. The number of methoxy groups -OCH3 is 1. The molecule has 0 saturated carbocycles. The van der Waals surface area contributed by atoms with Gasteiger partial charge in [-0.05, 0) is 48.9 Å². The van der Waals surface area contributed by atoms with E-state index < -0.39 is 14.9 Å². The van der Waals surface area contributed by atoms with Crippen LogP contribution in [0.1, 0.15) is 11.1 Å². The van der Waals surface area contributed by atoms with E-state index >= 15 is 0 Å². The van der Waals surface area contributed by atoms with E-state index in [4.69, 9.17) is 4.74 Å². The summed E-state index contributed by atoms with van der Waals surface area (Å²) < 4.78 is 33.2. The molecule has 7 nitrogen and oxygen atoms in total. The van der Waals surface area contributed by atoms with Crippen LogP contribution < -0.4 is 9.04 Å². The second-order valence-corrected chi connectivity index (χ2v) is 8.31. The molecule has 0 saturated heterocycles. The predicted octanol–water partition coefficient (Wildman–Crippen LogP) is 4.31. The summed E-state index contributed by atoms with van der Waals surface area (Å²) in [6.45, 7) is 1.91. The molecule has 8 heteroatoms. The van der Waals surface area contributed by atoms with Gasteiger partial charge in [0, 0.05) is 12.1 Å². The smallest absolute Gasteiger partial charge is 0.269 e. The van der Waals surface area contributed by atoms with Crippen LogP contribution in [0, 0.1) is 17.0 Å². The van der Waals surface area contributed by atoms with E-state index in [1.54, 1.807) is 60.7 Å². The van der Waals surface area contributed by atoms with Crippen LogP contribution in [0.4, 0.5) is 11.4 Å². The third kappa shape index (κ3) is 4.55. The van der Waals surface area contributed by atoms with Crippen LogP contribution in [0.15, 0.2) is 77.7 Å². The minimum atomic E-state index is -3.86. The van der Waals surface area contributed by atoms with Crippen molar-refractivity contribution in [2.75, 3.05) is 11.4 Å². The Labute approximate surface area is 169 Å². The Bertz CT molecular complexity index is 1090. The largest absolute Gasteiger partial charge is 0.497 e. The molecule has 3 rings (SSSR count). The van der Waals surface area contributed by atoms with Crippen molar-refractivity contribution in [1.82, 2.24) is 0 Å². The monoisotopic (exact) mass is 412 g/mol. The van der Waals surface area contributed by atoms with Crippen molar-refractivity contribution in [3.05, 3.63) is 94.0 Å². The predicted molar refractivity (Wildman–Crippen MR) is 111 cm³/mol. The van der Waals surface area contributed by atoms with Crippen LogP contribution >= 0.6 is 0 Å². The van der Waals surface area contributed by atoms with Crippen molar-refractivity contribution >= 4 is 21.4 Å². The van der Waals surface area contributed by atoms with Crippen molar-refractivity contribution in [2.24, 2.45) is 0 Å². The van der Waals surface area contributed by atoms with Crippen LogP contribution in [0.5, 0.6) is 5.75 Å². The van der Waals surface area contributed by atoms with Crippen LogP contribution in [-0.2, 0) is 16.6 Å². The molecule has 0 aromatic heterocycles. The summed E-state index contributed by atoms with van der Waals surface area (Å²) in [6, 6.07) is 19.1. The number of hydrogen-bond donors (Lipinski definition) is 0. The van der Waals surface area contributed by atoms with E-state index in [9.17, 15) is 18.5 Å². The number of hydrogen-bond acceptors (Lipinski definition) is 5. The molecule has 3 aromatic rings. The molecule has 0 N–H and O–H groups in total. The van der Waals surface area contributed by atoms with E-state index in [0.29, 0.717) is 17.0 Å². The van der Waals surface area contributed by atoms with Crippen molar-refractivity contribution in [3.63, 3.8) is 0 Å². The highest BCUT2D eigenvalue weighted by atomic mass is 32.2. The van der Waals surface area contributed by atoms with Crippen LogP contribution in [-0.4, -0.2) is 20.5 Å². The second-order valence-electron chi connectivity index (χ2n) is 6.45. The molecule has 3 aromatic carbocycles. The molecular formula is C21H20N2O5S. The molecule has 0 aliphatic heterocycles. The van der Waals surface area contributed by atoms with Gasteiger partial charge in [0.15, 0.2) is 0 Å². The Hall–Kier alpha value is -3.39. The fourth-order valence-electron chi connectivity index (χ4n) is 2.79. The molecule has 0 spiro atoms. The zero-order valence-electron chi connectivity index (χ0n) is 16.0. The Morgan fingerprint density at radius 2 is 1.52 bits per heavy atom. The summed E-state index contributed by atoms with van der Waals surface area (Å²) >= 11 is 0. The number of ether oxygens (including phenoxy) is 1. The maximum absolute atomic E-state index is 13.4. The molecule has 0 unspecified atom stereocenters. The summed E-state index contributed by atoms with van der Waals surface area (Å²) in [5.74, 6) is 0.608. The molecule has 0 bridgehead atoms. The molecule has 0 fully saturated rings. The summed E-state index contributed by atoms with van der Waals surface area (Å²) in [5.41, 5.74) is 1.99. The lowest BCUT2D eigenvalue weighted by atomic mass is 10.2. The number of nitrogens with zero attached hydrogens (tertiary/aromatic N) is 2. The number of nitro groups is 1. The molecule has 0 heterocycles. The van der Waals surface area contributed by atoms with Gasteiger partial charge in [0.1, 0.15) is 5.75 Å². The molecule has 0 atom stereocenters. The molecule has 0 amide bonds. The van der Waals surface area contributed by atoms with Gasteiger partial charge in [-0.3, -0.25) is 14.4 Å². The zero-order valence-corrected chi connectivity index (χ0v) is 16.8. The van der Waals surface area contributed by atoms with Gasteiger partial charge >= 0.3 is 0 Å². The summed E-state index contributed by atoms with van der Waals surface area (Å²) in [4.78, 5) is 10.6. The Morgan fingerprint density at radius 3 is 2.03 bits per heavy atom. The first kappa shape index (κ1) is 20.3. The van der Waals surface area contributed by atoms with E-state index in [1.807, 2.05) is 6.92 Å². The van der Waals surface area contributed by atoms with Crippen LogP contribution in [0.2, 0.25) is 0 Å². The highest BCUT2D eigenvalue weighted by Crippen LogP contribution is 2.28. The summed E-state index contributed by atoms with van der Waals surface area (Å²) in [7, 11) is -2.32. The van der Waals surface area contributed by atoms with E-state index in [1.165, 1.54) is 23.5 Å². The number of nitro benzene ring substituents is 1. The normalized spacial score (nSPS) is 11.1. The first-order valence-corrected chi connectivity index (χ1v) is 10.2. The molecule has 150 valence electrons. The van der Waals surface area contributed by atoms with Crippen molar-refractivity contribution in [2.45, 2.75) is 18.4 Å². The maximum Gasteiger partial charge on any atom is 0.269 e. The van der Waals surface area contributed by atoms with Gasteiger partial charge < -0.3 is 4.74 Å². The maximum atomic E-state index is 13.4. The van der Waals surface area contributed by atoms with Gasteiger partial charge in [-0.25, -0.2) is 8.42 Å². The minimum absolute atomic E-state index is 0.0283. The number of anilines is 1. The number of benzene rings is 3. The SMILES string of the molecule is COc1ccc(N(Cc2ccc([N+](=O)[O-])cc2)S(=O)(=O)c2ccc(C)cc2)cc1. The fourth-order valence-corrected chi connectivity index (χ4v) is 4.24. The third-order valence-corrected chi connectivity index (χ3v) is 6.23. The average molecular weight is 412 g/mol. The Balaban J connectivity index is 2.03. The second kappa shape index (κ2) is 8.32. The summed E-state index contributed by atoms with van der Waals surface area (Å²) in [5, 5.41) is 10.9. The minimum Gasteiger partial charge on any atom is -0.497 e. The van der Waals surface area contributed by atoms with Crippen molar-refractivity contribution in [3.8, 4) is 5.75 Å². The molecule has 0 aliphatic rings. The number of sulfonamides is 1. The number of rotatable bonds is 7. The molecule has 0 aliphatic carbocycles. The number of aryl methyl sites for hydroxylation is 1. The average Bonchev–Trinajstić information content (AvgIpc) is 2.72. The van der Waals surface area contributed by atoms with Crippen LogP contribution in [0.3, 0.4) is 0 Å². The zero-order chi connectivity index (χ0) is 21.0. The topological polar surface area (TPSA) is 89.8 Å². The highest BCUT2D eigenvalue weighted by Gasteiger charge is 2.25. The lowest BCUT2D eigenvalue weighted by molar-refractivity contribution is -0.384. The summed E-state index contributed by atoms with van der Waals surface area (Å²) in [6.07, 6.45) is 0. The molecular weight excluding hydrogens is 392 g/mol. The van der Waals surface area contributed by atoms with E-state index in [0.717, 1.165) is 5.56 Å². The van der Waals surface area contributed by atoms with Gasteiger partial charge in [0.25, 0.3) is 15.7 Å². The fraction of sp³-hybridized carbons (Fsp3) is 0.143. The van der Waals surface area contributed by atoms with Gasteiger partial charge in [0.05, 0.1) is 29.2 Å². The van der Waals surface area contributed by atoms with Crippen LogP contribution in [0.25, 0.3) is 0 Å². The van der Waals surface area contributed by atoms with Gasteiger partial charge in [0.2, 0.25) is 0 Å². The molecule has 0 radical (unpaired) electrons. The van der Waals surface area contributed by atoms with Crippen molar-refractivity contribution in [1.29, 1.82) is 0 Å². The Morgan fingerprint density at radius 1 is 0.931 bits per heavy atom. The van der Waals surface area contributed by atoms with Gasteiger partial charge in [-0.15, -0.1) is 0 Å². The lowest BCUT2D eigenvalue weighted by Gasteiger charge is -2.25. The highest BCUT2D eigenvalue weighted by molar-refractivity contribution is 7.92. The van der Waals surface area contributed by atoms with E-state index in [-0.39, 0.29) is 17.1 Å². The molecule has 29 heavy (non-hydrogen) atoms.